The number of nitrogens with zero attached hydrogens (tertiary/aromatic N) is 2. The summed E-state index contributed by atoms with van der Waals surface area (Å²) in [7, 11) is 0. The van der Waals surface area contributed by atoms with E-state index < -0.39 is 0 Å². The van der Waals surface area contributed by atoms with E-state index in [1.165, 1.54) is 0 Å². The van der Waals surface area contributed by atoms with Crippen molar-refractivity contribution in [3.8, 4) is 11.5 Å². The van der Waals surface area contributed by atoms with Crippen LogP contribution in [0.25, 0.3) is 0 Å². The maximum atomic E-state index is 12.7. The maximum absolute atomic E-state index is 12.7. The molecule has 0 atom stereocenters. The fraction of sp³-hybridized carbons (Fsp3) is 0.333. The average Bonchev–Trinajstić information content (AvgIpc) is 3.32. The second-order valence-corrected chi connectivity index (χ2v) is 7.03. The van der Waals surface area contributed by atoms with Gasteiger partial charge >= 0.3 is 0 Å². The van der Waals surface area contributed by atoms with Crippen molar-refractivity contribution in [2.45, 2.75) is 6.42 Å². The van der Waals surface area contributed by atoms with Crippen molar-refractivity contribution in [3.63, 3.8) is 0 Å². The second kappa shape index (κ2) is 6.76. The topological polar surface area (TPSA) is 59.1 Å². The minimum absolute atomic E-state index is 0.0383. The maximum Gasteiger partial charge on any atom is 0.254 e. The van der Waals surface area contributed by atoms with Gasteiger partial charge in [-0.05, 0) is 29.6 Å². The van der Waals surface area contributed by atoms with Gasteiger partial charge in [0.05, 0.1) is 6.42 Å². The van der Waals surface area contributed by atoms with Crippen LogP contribution in [0.2, 0.25) is 0 Å². The predicted molar refractivity (Wildman–Crippen MR) is 93.1 cm³/mol. The number of hydrogen-bond acceptors (Lipinski definition) is 5. The highest BCUT2D eigenvalue weighted by atomic mass is 32.1. The lowest BCUT2D eigenvalue weighted by Gasteiger charge is -2.34. The third-order valence-electron chi connectivity index (χ3n) is 4.44. The van der Waals surface area contributed by atoms with Gasteiger partial charge in [0.25, 0.3) is 5.91 Å². The van der Waals surface area contributed by atoms with Crippen molar-refractivity contribution < 1.29 is 19.1 Å². The Hall–Kier alpha value is -2.54. The van der Waals surface area contributed by atoms with E-state index in [1.807, 2.05) is 22.4 Å². The highest BCUT2D eigenvalue weighted by Gasteiger charge is 2.26. The fourth-order valence-electron chi connectivity index (χ4n) is 3.05. The summed E-state index contributed by atoms with van der Waals surface area (Å²) >= 11 is 1.59. The van der Waals surface area contributed by atoms with E-state index in [4.69, 9.17) is 9.47 Å². The Balaban J connectivity index is 1.35. The quantitative estimate of drug-likeness (QED) is 0.842. The van der Waals surface area contributed by atoms with Crippen molar-refractivity contribution in [1.29, 1.82) is 0 Å². The van der Waals surface area contributed by atoms with Crippen molar-refractivity contribution in [2.75, 3.05) is 33.0 Å². The Morgan fingerprint density at radius 3 is 2.52 bits per heavy atom. The van der Waals surface area contributed by atoms with Gasteiger partial charge in [-0.2, -0.15) is 0 Å². The molecule has 130 valence electrons. The Labute approximate surface area is 149 Å². The third-order valence-corrected chi connectivity index (χ3v) is 5.32. The Morgan fingerprint density at radius 1 is 1.00 bits per heavy atom. The van der Waals surface area contributed by atoms with Crippen LogP contribution in [0.3, 0.4) is 0 Å². The first-order valence-electron chi connectivity index (χ1n) is 8.20. The molecule has 25 heavy (non-hydrogen) atoms. The van der Waals surface area contributed by atoms with Crippen LogP contribution in [0, 0.1) is 0 Å². The summed E-state index contributed by atoms with van der Waals surface area (Å²) in [6.45, 7) is 2.42. The molecule has 2 aliphatic rings. The molecule has 0 aliphatic carbocycles. The molecule has 1 aromatic heterocycles. The standard InChI is InChI=1S/C18H18N2O4S/c21-17(11-14-2-1-9-25-14)19-5-7-20(8-6-19)18(22)13-3-4-15-16(10-13)24-12-23-15/h1-4,9-10H,5-8,11-12H2. The third kappa shape index (κ3) is 3.32. The van der Waals surface area contributed by atoms with E-state index in [9.17, 15) is 9.59 Å². The number of hydrogen-bond donors (Lipinski definition) is 0. The van der Waals surface area contributed by atoms with Crippen molar-refractivity contribution in [2.24, 2.45) is 0 Å². The number of amides is 2. The lowest BCUT2D eigenvalue weighted by atomic mass is 10.1. The zero-order valence-electron chi connectivity index (χ0n) is 13.6. The number of carbonyl (C=O) groups excluding carboxylic acids is 2. The average molecular weight is 358 g/mol. The largest absolute Gasteiger partial charge is 0.454 e. The van der Waals surface area contributed by atoms with Gasteiger partial charge in [-0.1, -0.05) is 6.07 Å². The van der Waals surface area contributed by atoms with Crippen LogP contribution in [0.5, 0.6) is 11.5 Å². The molecule has 0 unspecified atom stereocenters. The summed E-state index contributed by atoms with van der Waals surface area (Å²) in [6.07, 6.45) is 0.438. The van der Waals surface area contributed by atoms with Gasteiger partial charge in [-0.15, -0.1) is 11.3 Å². The van der Waals surface area contributed by atoms with E-state index in [0.29, 0.717) is 49.7 Å². The molecule has 0 spiro atoms. The summed E-state index contributed by atoms with van der Waals surface area (Å²) < 4.78 is 10.6. The lowest BCUT2D eigenvalue weighted by Crippen LogP contribution is -2.50. The van der Waals surface area contributed by atoms with Gasteiger partial charge in [0.1, 0.15) is 0 Å². The summed E-state index contributed by atoms with van der Waals surface area (Å²) in [5.74, 6) is 1.36. The van der Waals surface area contributed by atoms with Gasteiger partial charge < -0.3 is 19.3 Å². The first-order valence-corrected chi connectivity index (χ1v) is 9.08. The van der Waals surface area contributed by atoms with Crippen LogP contribution in [0.1, 0.15) is 15.2 Å². The van der Waals surface area contributed by atoms with Crippen LogP contribution < -0.4 is 9.47 Å². The Bertz CT molecular complexity index is 782. The molecule has 2 aromatic rings. The Kier molecular flexibility index (Phi) is 4.31. The molecule has 1 fully saturated rings. The van der Waals surface area contributed by atoms with Crippen LogP contribution >= 0.6 is 11.3 Å². The molecule has 7 heteroatoms. The molecular weight excluding hydrogens is 340 g/mol. The van der Waals surface area contributed by atoms with Crippen molar-refractivity contribution in [1.82, 2.24) is 9.80 Å². The van der Waals surface area contributed by atoms with Crippen LogP contribution in [-0.4, -0.2) is 54.6 Å². The van der Waals surface area contributed by atoms with Gasteiger partial charge in [-0.25, -0.2) is 0 Å². The zero-order chi connectivity index (χ0) is 17.2. The molecule has 1 saturated heterocycles. The molecule has 0 bridgehead atoms. The molecule has 4 rings (SSSR count). The van der Waals surface area contributed by atoms with E-state index in [-0.39, 0.29) is 18.6 Å². The smallest absolute Gasteiger partial charge is 0.254 e. The molecule has 2 amide bonds. The molecule has 0 N–H and O–H groups in total. The summed E-state index contributed by atoms with van der Waals surface area (Å²) in [5, 5.41) is 1.98. The number of thiophene rings is 1. The van der Waals surface area contributed by atoms with E-state index in [2.05, 4.69) is 0 Å². The fourth-order valence-corrected chi connectivity index (χ4v) is 3.74. The second-order valence-electron chi connectivity index (χ2n) is 6.00. The minimum Gasteiger partial charge on any atom is -0.454 e. The first-order chi connectivity index (χ1) is 12.2. The van der Waals surface area contributed by atoms with E-state index >= 15 is 0 Å². The molecule has 1 aromatic carbocycles. The van der Waals surface area contributed by atoms with Crippen LogP contribution in [0.4, 0.5) is 0 Å². The number of ether oxygens (including phenoxy) is 2. The monoisotopic (exact) mass is 358 g/mol. The number of piperazine rings is 1. The normalized spacial score (nSPS) is 16.2. The first kappa shape index (κ1) is 16.0. The summed E-state index contributed by atoms with van der Waals surface area (Å²) in [5.41, 5.74) is 0.586. The van der Waals surface area contributed by atoms with Gasteiger partial charge in [-0.3, -0.25) is 9.59 Å². The molecule has 2 aliphatic heterocycles. The zero-order valence-corrected chi connectivity index (χ0v) is 14.5. The molecule has 6 nitrogen and oxygen atoms in total. The number of carbonyl (C=O) groups is 2. The highest BCUT2D eigenvalue weighted by molar-refractivity contribution is 7.10. The van der Waals surface area contributed by atoms with Gasteiger partial charge in [0.15, 0.2) is 11.5 Å². The highest BCUT2D eigenvalue weighted by Crippen LogP contribution is 2.32. The number of rotatable bonds is 3. The van der Waals surface area contributed by atoms with Gasteiger partial charge in [0, 0.05) is 36.6 Å². The Morgan fingerprint density at radius 2 is 1.76 bits per heavy atom. The molecule has 0 saturated carbocycles. The van der Waals surface area contributed by atoms with E-state index in [0.717, 1.165) is 4.88 Å². The molecule has 0 radical (unpaired) electrons. The number of fused-ring (bicyclic) bond motifs is 1. The number of benzene rings is 1. The van der Waals surface area contributed by atoms with E-state index in [1.54, 1.807) is 34.4 Å². The summed E-state index contributed by atoms with van der Waals surface area (Å²) in [6, 6.07) is 9.16. The van der Waals surface area contributed by atoms with Crippen molar-refractivity contribution >= 4 is 23.2 Å². The molecule has 3 heterocycles. The lowest BCUT2D eigenvalue weighted by molar-refractivity contribution is -0.131. The molecular formula is C18H18N2O4S. The van der Waals surface area contributed by atoms with Crippen LogP contribution in [0.15, 0.2) is 35.7 Å². The minimum atomic E-state index is -0.0383. The summed E-state index contributed by atoms with van der Waals surface area (Å²) in [4.78, 5) is 29.7. The van der Waals surface area contributed by atoms with Crippen molar-refractivity contribution in [3.05, 3.63) is 46.2 Å². The SMILES string of the molecule is O=C(Cc1cccs1)N1CCN(C(=O)c2ccc3c(c2)OCO3)CC1. The van der Waals surface area contributed by atoms with Crippen LogP contribution in [-0.2, 0) is 11.2 Å². The predicted octanol–water partition coefficient (Wildman–Crippen LogP) is 2.00. The van der Waals surface area contributed by atoms with Gasteiger partial charge in [0.2, 0.25) is 12.7 Å².